The Morgan fingerprint density at radius 1 is 1.00 bits per heavy atom. The molecule has 2 rings (SSSR count). The molecular weight excluding hydrogens is 316 g/mol. The third-order valence-corrected chi connectivity index (χ3v) is 3.52. The Hall–Kier alpha value is -2.53. The van der Waals surface area contributed by atoms with E-state index >= 15 is 0 Å². The second-order valence-corrected chi connectivity index (χ2v) is 5.37. The van der Waals surface area contributed by atoms with Crippen LogP contribution in [0.2, 0.25) is 5.02 Å². The van der Waals surface area contributed by atoms with Crippen molar-refractivity contribution in [3.05, 3.63) is 59.1 Å². The van der Waals surface area contributed by atoms with Gasteiger partial charge in [-0.1, -0.05) is 23.7 Å². The Kier molecular flexibility index (Phi) is 5.60. The molecule has 0 spiro atoms. The van der Waals surface area contributed by atoms with Gasteiger partial charge in [0.2, 0.25) is 0 Å². The van der Waals surface area contributed by atoms with E-state index in [0.29, 0.717) is 10.7 Å². The van der Waals surface area contributed by atoms with E-state index in [1.54, 1.807) is 50.4 Å². The van der Waals surface area contributed by atoms with Crippen molar-refractivity contribution in [1.29, 1.82) is 0 Å². The van der Waals surface area contributed by atoms with Crippen LogP contribution in [-0.2, 0) is 9.59 Å². The maximum absolute atomic E-state index is 11.9. The standard InChI is InChI=1S/C17H17ClN2O3/c1-11(12-3-9-15(23-2)10-4-12)19-16(21)17(22)20-14-7-5-13(18)6-8-14/h3-11H,1-2H3,(H,19,21)(H,20,22). The molecule has 0 aromatic heterocycles. The maximum atomic E-state index is 11.9. The number of ether oxygens (including phenoxy) is 1. The lowest BCUT2D eigenvalue weighted by Gasteiger charge is -2.14. The van der Waals surface area contributed by atoms with E-state index in [0.717, 1.165) is 11.3 Å². The van der Waals surface area contributed by atoms with Crippen LogP contribution in [0.5, 0.6) is 5.75 Å². The Morgan fingerprint density at radius 3 is 2.17 bits per heavy atom. The SMILES string of the molecule is COc1ccc(C(C)NC(=O)C(=O)Nc2ccc(Cl)cc2)cc1. The number of anilines is 1. The highest BCUT2D eigenvalue weighted by Gasteiger charge is 2.17. The summed E-state index contributed by atoms with van der Waals surface area (Å²) in [6.45, 7) is 1.80. The highest BCUT2D eigenvalue weighted by Crippen LogP contribution is 2.17. The summed E-state index contributed by atoms with van der Waals surface area (Å²) in [4.78, 5) is 23.8. The number of halogens is 1. The van der Waals surface area contributed by atoms with Crippen LogP contribution < -0.4 is 15.4 Å². The van der Waals surface area contributed by atoms with E-state index < -0.39 is 11.8 Å². The van der Waals surface area contributed by atoms with Gasteiger partial charge in [0.25, 0.3) is 0 Å². The summed E-state index contributed by atoms with van der Waals surface area (Å²) in [5.41, 5.74) is 1.38. The summed E-state index contributed by atoms with van der Waals surface area (Å²) >= 11 is 5.77. The van der Waals surface area contributed by atoms with Gasteiger partial charge in [0, 0.05) is 10.7 Å². The van der Waals surface area contributed by atoms with Gasteiger partial charge in [0.05, 0.1) is 13.2 Å². The summed E-state index contributed by atoms with van der Waals surface area (Å²) in [7, 11) is 1.58. The van der Waals surface area contributed by atoms with Gasteiger partial charge in [-0.05, 0) is 48.9 Å². The number of hydrogen-bond acceptors (Lipinski definition) is 3. The maximum Gasteiger partial charge on any atom is 0.313 e. The molecule has 2 amide bonds. The van der Waals surface area contributed by atoms with E-state index in [9.17, 15) is 9.59 Å². The molecule has 0 saturated heterocycles. The number of methoxy groups -OCH3 is 1. The van der Waals surface area contributed by atoms with Crippen LogP contribution in [0.1, 0.15) is 18.5 Å². The molecule has 0 heterocycles. The minimum Gasteiger partial charge on any atom is -0.497 e. The molecule has 1 atom stereocenters. The number of carbonyl (C=O) groups excluding carboxylic acids is 2. The molecule has 120 valence electrons. The summed E-state index contributed by atoms with van der Waals surface area (Å²) in [5, 5.41) is 5.72. The smallest absolute Gasteiger partial charge is 0.313 e. The average Bonchev–Trinajstić information content (AvgIpc) is 2.56. The molecule has 5 nitrogen and oxygen atoms in total. The molecule has 2 aromatic carbocycles. The first kappa shape index (κ1) is 16.8. The van der Waals surface area contributed by atoms with Gasteiger partial charge < -0.3 is 15.4 Å². The lowest BCUT2D eigenvalue weighted by molar-refractivity contribution is -0.136. The molecule has 0 fully saturated rings. The van der Waals surface area contributed by atoms with Gasteiger partial charge in [0.1, 0.15) is 5.75 Å². The fourth-order valence-corrected chi connectivity index (χ4v) is 2.09. The molecule has 23 heavy (non-hydrogen) atoms. The van der Waals surface area contributed by atoms with Gasteiger partial charge in [-0.15, -0.1) is 0 Å². The summed E-state index contributed by atoms with van der Waals surface area (Å²) in [6.07, 6.45) is 0. The number of hydrogen-bond donors (Lipinski definition) is 2. The van der Waals surface area contributed by atoms with Gasteiger partial charge in [0.15, 0.2) is 0 Å². The second-order valence-electron chi connectivity index (χ2n) is 4.93. The van der Waals surface area contributed by atoms with E-state index in [1.807, 2.05) is 12.1 Å². The van der Waals surface area contributed by atoms with Crippen molar-refractivity contribution in [2.45, 2.75) is 13.0 Å². The van der Waals surface area contributed by atoms with E-state index in [2.05, 4.69) is 10.6 Å². The van der Waals surface area contributed by atoms with Crippen LogP contribution in [0.15, 0.2) is 48.5 Å². The number of rotatable bonds is 4. The predicted molar refractivity (Wildman–Crippen MR) is 89.6 cm³/mol. The normalized spacial score (nSPS) is 11.4. The van der Waals surface area contributed by atoms with E-state index in [4.69, 9.17) is 16.3 Å². The zero-order valence-corrected chi connectivity index (χ0v) is 13.6. The molecule has 1 unspecified atom stereocenters. The minimum absolute atomic E-state index is 0.302. The molecule has 6 heteroatoms. The number of amides is 2. The van der Waals surface area contributed by atoms with Crippen molar-refractivity contribution >= 4 is 29.1 Å². The predicted octanol–water partition coefficient (Wildman–Crippen LogP) is 3.16. The van der Waals surface area contributed by atoms with Crippen molar-refractivity contribution < 1.29 is 14.3 Å². The van der Waals surface area contributed by atoms with Gasteiger partial charge in [-0.3, -0.25) is 9.59 Å². The fraction of sp³-hybridized carbons (Fsp3) is 0.176. The lowest BCUT2D eigenvalue weighted by Crippen LogP contribution is -2.36. The van der Waals surface area contributed by atoms with Crippen LogP contribution in [0.3, 0.4) is 0 Å². The summed E-state index contributed by atoms with van der Waals surface area (Å²) < 4.78 is 5.08. The number of benzene rings is 2. The Morgan fingerprint density at radius 2 is 1.61 bits per heavy atom. The lowest BCUT2D eigenvalue weighted by atomic mass is 10.1. The first-order chi connectivity index (χ1) is 11.0. The van der Waals surface area contributed by atoms with Crippen molar-refractivity contribution in [2.24, 2.45) is 0 Å². The monoisotopic (exact) mass is 332 g/mol. The molecule has 0 bridgehead atoms. The fourth-order valence-electron chi connectivity index (χ4n) is 1.96. The van der Waals surface area contributed by atoms with Crippen LogP contribution >= 0.6 is 11.6 Å². The Balaban J connectivity index is 1.94. The zero-order valence-electron chi connectivity index (χ0n) is 12.8. The average molecular weight is 333 g/mol. The van der Waals surface area contributed by atoms with Gasteiger partial charge in [-0.25, -0.2) is 0 Å². The molecule has 0 radical (unpaired) electrons. The highest BCUT2D eigenvalue weighted by atomic mass is 35.5. The Bertz CT molecular complexity index is 684. The summed E-state index contributed by atoms with van der Waals surface area (Å²) in [6, 6.07) is 13.5. The summed E-state index contributed by atoms with van der Waals surface area (Å²) in [5.74, 6) is -0.705. The van der Waals surface area contributed by atoms with Crippen LogP contribution in [0.4, 0.5) is 5.69 Å². The van der Waals surface area contributed by atoms with Crippen LogP contribution in [0.25, 0.3) is 0 Å². The third-order valence-electron chi connectivity index (χ3n) is 3.27. The first-order valence-electron chi connectivity index (χ1n) is 7.01. The molecule has 0 saturated carbocycles. The van der Waals surface area contributed by atoms with Crippen molar-refractivity contribution in [2.75, 3.05) is 12.4 Å². The van der Waals surface area contributed by atoms with Gasteiger partial charge in [-0.2, -0.15) is 0 Å². The van der Waals surface area contributed by atoms with Crippen molar-refractivity contribution in [1.82, 2.24) is 5.32 Å². The van der Waals surface area contributed by atoms with Gasteiger partial charge >= 0.3 is 11.8 Å². The minimum atomic E-state index is -0.729. The van der Waals surface area contributed by atoms with Crippen LogP contribution in [0, 0.1) is 0 Å². The zero-order chi connectivity index (χ0) is 16.8. The van der Waals surface area contributed by atoms with E-state index in [1.165, 1.54) is 0 Å². The molecule has 0 aliphatic heterocycles. The number of nitrogens with one attached hydrogen (secondary N) is 2. The Labute approximate surface area is 139 Å². The van der Waals surface area contributed by atoms with Crippen molar-refractivity contribution in [3.63, 3.8) is 0 Å². The molecular formula is C17H17ClN2O3. The van der Waals surface area contributed by atoms with Crippen molar-refractivity contribution in [3.8, 4) is 5.75 Å². The molecule has 0 aliphatic rings. The quantitative estimate of drug-likeness (QED) is 0.845. The third kappa shape index (κ3) is 4.72. The molecule has 0 aliphatic carbocycles. The first-order valence-corrected chi connectivity index (χ1v) is 7.39. The second kappa shape index (κ2) is 7.65. The van der Waals surface area contributed by atoms with Crippen LogP contribution in [-0.4, -0.2) is 18.9 Å². The number of carbonyl (C=O) groups is 2. The topological polar surface area (TPSA) is 67.4 Å². The van der Waals surface area contributed by atoms with E-state index in [-0.39, 0.29) is 6.04 Å². The molecule has 2 N–H and O–H groups in total. The molecule has 2 aromatic rings. The largest absolute Gasteiger partial charge is 0.497 e. The highest BCUT2D eigenvalue weighted by molar-refractivity contribution is 6.39.